The number of nitrogens with two attached hydrogens (primary N) is 1. The van der Waals surface area contributed by atoms with Gasteiger partial charge in [0.2, 0.25) is 17.2 Å². The Morgan fingerprint density at radius 2 is 1.86 bits per heavy atom. The zero-order valence-electron chi connectivity index (χ0n) is 14.7. The van der Waals surface area contributed by atoms with Crippen molar-refractivity contribution < 1.29 is 13.0 Å². The van der Waals surface area contributed by atoms with Crippen molar-refractivity contribution in [2.45, 2.75) is 11.8 Å². The monoisotopic (exact) mass is 420 g/mol. The molecule has 0 saturated heterocycles. The lowest BCUT2D eigenvalue weighted by molar-refractivity contribution is 0.483. The Bertz CT molecular complexity index is 1100. The minimum Gasteiger partial charge on any atom is -0.398 e. The number of nitrogens with one attached hydrogen (secondary N) is 1. The normalized spacial score (nSPS) is 11.2. The van der Waals surface area contributed by atoms with Gasteiger partial charge in [-0.2, -0.15) is 23.4 Å². The van der Waals surface area contributed by atoms with Gasteiger partial charge >= 0.3 is 0 Å². The van der Waals surface area contributed by atoms with E-state index in [4.69, 9.17) is 21.9 Å². The maximum Gasteiger partial charge on any atom is 0.296 e. The number of halogens is 1. The van der Waals surface area contributed by atoms with Gasteiger partial charge in [0.1, 0.15) is 4.90 Å². The molecule has 0 aliphatic rings. The molecule has 0 aliphatic carbocycles. The number of hydrogen-bond acceptors (Lipinski definition) is 8. The van der Waals surface area contributed by atoms with E-state index in [2.05, 4.69) is 20.3 Å². The van der Waals surface area contributed by atoms with Crippen LogP contribution in [-0.2, 0) is 10.1 Å². The summed E-state index contributed by atoms with van der Waals surface area (Å²) in [6.45, 7) is 2.55. The lowest BCUT2D eigenvalue weighted by Gasteiger charge is -2.21. The average molecular weight is 421 g/mol. The number of nitrogens with zero attached hydrogens (tertiary/aromatic N) is 4. The maximum atomic E-state index is 11.3. The van der Waals surface area contributed by atoms with Gasteiger partial charge in [0.05, 0.1) is 5.69 Å². The van der Waals surface area contributed by atoms with Gasteiger partial charge in [0.25, 0.3) is 10.1 Å². The van der Waals surface area contributed by atoms with Crippen LogP contribution in [0.5, 0.6) is 0 Å². The molecule has 0 unspecified atom stereocenters. The van der Waals surface area contributed by atoms with E-state index >= 15 is 0 Å². The number of rotatable bonds is 6. The van der Waals surface area contributed by atoms with Crippen LogP contribution in [0.2, 0.25) is 5.28 Å². The first-order valence-electron chi connectivity index (χ1n) is 8.16. The van der Waals surface area contributed by atoms with Gasteiger partial charge in [-0.15, -0.1) is 0 Å². The van der Waals surface area contributed by atoms with Crippen LogP contribution in [0.1, 0.15) is 6.92 Å². The first-order chi connectivity index (χ1) is 13.3. The molecule has 28 heavy (non-hydrogen) atoms. The quantitative estimate of drug-likeness (QED) is 0.405. The lowest BCUT2D eigenvalue weighted by atomic mass is 10.3. The summed E-state index contributed by atoms with van der Waals surface area (Å²) in [7, 11) is -4.40. The second-order valence-electron chi connectivity index (χ2n) is 5.66. The topological polar surface area (TPSA) is 134 Å². The summed E-state index contributed by atoms with van der Waals surface area (Å²) in [6, 6.07) is 13.5. The zero-order valence-corrected chi connectivity index (χ0v) is 16.3. The molecule has 4 N–H and O–H groups in total. The highest BCUT2D eigenvalue weighted by atomic mass is 35.5. The zero-order chi connectivity index (χ0) is 20.3. The number of anilines is 5. The minimum absolute atomic E-state index is 0.00981. The summed E-state index contributed by atoms with van der Waals surface area (Å²) in [4.78, 5) is 14.1. The molecule has 0 bridgehead atoms. The van der Waals surface area contributed by atoms with Crippen molar-refractivity contribution in [3.63, 3.8) is 0 Å². The Balaban J connectivity index is 1.93. The largest absolute Gasteiger partial charge is 0.398 e. The third-order valence-electron chi connectivity index (χ3n) is 3.77. The van der Waals surface area contributed by atoms with Crippen LogP contribution in [0.4, 0.5) is 29.0 Å². The van der Waals surface area contributed by atoms with Gasteiger partial charge < -0.3 is 16.0 Å². The molecule has 0 amide bonds. The molecule has 0 fully saturated rings. The van der Waals surface area contributed by atoms with E-state index in [1.807, 2.05) is 42.2 Å². The van der Waals surface area contributed by atoms with Gasteiger partial charge in [0.15, 0.2) is 0 Å². The molecular formula is C17H17ClN6O3S. The Morgan fingerprint density at radius 3 is 2.46 bits per heavy atom. The van der Waals surface area contributed by atoms with Gasteiger partial charge in [-0.25, -0.2) is 0 Å². The van der Waals surface area contributed by atoms with Crippen LogP contribution < -0.4 is 16.0 Å². The van der Waals surface area contributed by atoms with Crippen LogP contribution in [0.3, 0.4) is 0 Å². The SMILES string of the molecule is CCN(c1ccccc1)c1nc(Cl)nc(Nc2ccc(S(=O)(=O)O)c(N)c2)n1. The smallest absolute Gasteiger partial charge is 0.296 e. The molecule has 3 aromatic rings. The molecule has 0 radical (unpaired) electrons. The first-order valence-corrected chi connectivity index (χ1v) is 9.98. The Kier molecular flexibility index (Phi) is 5.63. The number of aromatic nitrogens is 3. The van der Waals surface area contributed by atoms with E-state index in [-0.39, 0.29) is 21.8 Å². The summed E-state index contributed by atoms with van der Waals surface area (Å²) in [5.74, 6) is 0.502. The number of nitrogen functional groups attached to an aromatic ring is 1. The third kappa shape index (κ3) is 4.47. The van der Waals surface area contributed by atoms with Crippen LogP contribution >= 0.6 is 11.6 Å². The molecular weight excluding hydrogens is 404 g/mol. The fraction of sp³-hybridized carbons (Fsp3) is 0.118. The Morgan fingerprint density at radius 1 is 1.14 bits per heavy atom. The average Bonchev–Trinajstić information content (AvgIpc) is 2.62. The Hall–Kier alpha value is -2.95. The van der Waals surface area contributed by atoms with Gasteiger partial charge in [-0.1, -0.05) is 18.2 Å². The number of benzene rings is 2. The predicted octanol–water partition coefficient (Wildman–Crippen LogP) is 3.26. The molecule has 0 saturated carbocycles. The third-order valence-corrected chi connectivity index (χ3v) is 4.86. The van der Waals surface area contributed by atoms with Gasteiger partial charge in [-0.3, -0.25) is 4.55 Å². The fourth-order valence-electron chi connectivity index (χ4n) is 2.55. The highest BCUT2D eigenvalue weighted by molar-refractivity contribution is 7.86. The van der Waals surface area contributed by atoms with Crippen molar-refractivity contribution in [1.29, 1.82) is 0 Å². The fourth-order valence-corrected chi connectivity index (χ4v) is 3.31. The minimum atomic E-state index is -4.40. The molecule has 1 heterocycles. The molecule has 9 nitrogen and oxygen atoms in total. The van der Waals surface area contributed by atoms with Crippen molar-refractivity contribution in [3.8, 4) is 0 Å². The van der Waals surface area contributed by atoms with E-state index in [0.29, 0.717) is 18.2 Å². The van der Waals surface area contributed by atoms with E-state index < -0.39 is 10.1 Å². The van der Waals surface area contributed by atoms with Crippen LogP contribution in [0.15, 0.2) is 53.4 Å². The van der Waals surface area contributed by atoms with Crippen molar-refractivity contribution >= 4 is 50.7 Å². The molecule has 2 aromatic carbocycles. The van der Waals surface area contributed by atoms with E-state index in [0.717, 1.165) is 5.69 Å². The molecule has 1 aromatic heterocycles. The molecule has 146 valence electrons. The van der Waals surface area contributed by atoms with Crippen LogP contribution in [-0.4, -0.2) is 34.5 Å². The van der Waals surface area contributed by atoms with E-state index in [1.165, 1.54) is 18.2 Å². The number of para-hydroxylation sites is 1. The van der Waals surface area contributed by atoms with Gasteiger partial charge in [0, 0.05) is 17.9 Å². The summed E-state index contributed by atoms with van der Waals surface area (Å²) < 4.78 is 31.6. The summed E-state index contributed by atoms with van der Waals surface area (Å²) in [5.41, 5.74) is 6.89. The molecule has 0 aliphatic heterocycles. The first kappa shape index (κ1) is 19.8. The van der Waals surface area contributed by atoms with Crippen molar-refractivity contribution in [2.24, 2.45) is 0 Å². The van der Waals surface area contributed by atoms with Crippen LogP contribution in [0.25, 0.3) is 0 Å². The number of hydrogen-bond donors (Lipinski definition) is 3. The molecule has 0 spiro atoms. The summed E-state index contributed by atoms with van der Waals surface area (Å²) in [6.07, 6.45) is 0. The molecule has 11 heteroatoms. The second kappa shape index (κ2) is 7.97. The van der Waals surface area contributed by atoms with Crippen molar-refractivity contribution in [2.75, 3.05) is 22.5 Å². The van der Waals surface area contributed by atoms with E-state index in [9.17, 15) is 8.42 Å². The molecule has 3 rings (SSSR count). The molecule has 0 atom stereocenters. The lowest BCUT2D eigenvalue weighted by Crippen LogP contribution is -2.19. The summed E-state index contributed by atoms with van der Waals surface area (Å²) >= 11 is 6.06. The highest BCUT2D eigenvalue weighted by Gasteiger charge is 2.16. The summed E-state index contributed by atoms with van der Waals surface area (Å²) in [5, 5.41) is 2.90. The second-order valence-corrected chi connectivity index (χ2v) is 7.39. The Labute approximate surface area is 167 Å². The van der Waals surface area contributed by atoms with Crippen molar-refractivity contribution in [3.05, 3.63) is 53.8 Å². The van der Waals surface area contributed by atoms with E-state index in [1.54, 1.807) is 0 Å². The van der Waals surface area contributed by atoms with Crippen LogP contribution in [0, 0.1) is 0 Å². The maximum absolute atomic E-state index is 11.3. The highest BCUT2D eigenvalue weighted by Crippen LogP contribution is 2.26. The predicted molar refractivity (Wildman–Crippen MR) is 108 cm³/mol. The standard InChI is InChI=1S/C17H17ClN6O3S/c1-2-24(12-6-4-3-5-7-12)17-22-15(18)21-16(23-17)20-11-8-9-14(13(19)10-11)28(25,26)27/h3-10H,2,19H2,1H3,(H,25,26,27)(H,20,21,22,23). The van der Waals surface area contributed by atoms with Crippen molar-refractivity contribution in [1.82, 2.24) is 15.0 Å². The van der Waals surface area contributed by atoms with Gasteiger partial charge in [-0.05, 0) is 48.9 Å².